The Morgan fingerprint density at radius 3 is 1.93 bits per heavy atom. The van der Waals surface area contributed by atoms with Gasteiger partial charge in [0.1, 0.15) is 0 Å². The van der Waals surface area contributed by atoms with Crippen LogP contribution in [0.15, 0.2) is 73.3 Å². The maximum atomic E-state index is 13.0. The normalized spacial score (nSPS) is 11.4. The Balaban J connectivity index is 1.84. The van der Waals surface area contributed by atoms with Gasteiger partial charge in [0.05, 0.1) is 19.8 Å². The van der Waals surface area contributed by atoms with Gasteiger partial charge in [-0.25, -0.2) is 4.57 Å². The molecular formula is C21H28NO4P. The molecule has 2 rings (SSSR count). The summed E-state index contributed by atoms with van der Waals surface area (Å²) in [5, 5.41) is 3.27. The summed E-state index contributed by atoms with van der Waals surface area (Å²) in [4.78, 5) is 0. The summed E-state index contributed by atoms with van der Waals surface area (Å²) < 4.78 is 29.6. The predicted molar refractivity (Wildman–Crippen MR) is 108 cm³/mol. The molecule has 2 aromatic carbocycles. The van der Waals surface area contributed by atoms with E-state index in [4.69, 9.17) is 13.6 Å². The number of phosphoric ester groups is 1. The van der Waals surface area contributed by atoms with Crippen LogP contribution in [0.1, 0.15) is 24.0 Å². The molecule has 0 saturated carbocycles. The SMILES string of the molecule is C=CCCNCCCOP(=O)(OCc1ccccc1)OCc1ccccc1. The number of nitrogens with one attached hydrogen (secondary N) is 1. The third kappa shape index (κ3) is 9.14. The Morgan fingerprint density at radius 2 is 1.41 bits per heavy atom. The Kier molecular flexibility index (Phi) is 10.1. The first-order valence-corrected chi connectivity index (χ1v) is 10.6. The molecule has 5 nitrogen and oxygen atoms in total. The largest absolute Gasteiger partial charge is 0.475 e. The van der Waals surface area contributed by atoms with E-state index in [1.54, 1.807) is 0 Å². The van der Waals surface area contributed by atoms with Crippen LogP contribution in [0.3, 0.4) is 0 Å². The van der Waals surface area contributed by atoms with Crippen molar-refractivity contribution >= 4 is 7.82 Å². The second-order valence-electron chi connectivity index (χ2n) is 5.98. The maximum Gasteiger partial charge on any atom is 0.475 e. The smallest absolute Gasteiger partial charge is 0.316 e. The van der Waals surface area contributed by atoms with Gasteiger partial charge in [0.2, 0.25) is 0 Å². The van der Waals surface area contributed by atoms with Crippen LogP contribution in [0, 0.1) is 0 Å². The highest BCUT2D eigenvalue weighted by atomic mass is 31.2. The van der Waals surface area contributed by atoms with Gasteiger partial charge in [0.25, 0.3) is 0 Å². The molecule has 27 heavy (non-hydrogen) atoms. The van der Waals surface area contributed by atoms with Crippen LogP contribution in [0.4, 0.5) is 0 Å². The summed E-state index contributed by atoms with van der Waals surface area (Å²) in [7, 11) is -3.66. The van der Waals surface area contributed by atoms with Gasteiger partial charge in [-0.15, -0.1) is 6.58 Å². The minimum atomic E-state index is -3.66. The molecule has 1 N–H and O–H groups in total. The summed E-state index contributed by atoms with van der Waals surface area (Å²) in [6.45, 7) is 5.96. The van der Waals surface area contributed by atoms with Gasteiger partial charge in [0, 0.05) is 0 Å². The summed E-state index contributed by atoms with van der Waals surface area (Å²) in [6, 6.07) is 19.1. The minimum Gasteiger partial charge on any atom is -0.316 e. The van der Waals surface area contributed by atoms with E-state index in [0.29, 0.717) is 13.0 Å². The zero-order chi connectivity index (χ0) is 19.2. The van der Waals surface area contributed by atoms with Crippen molar-refractivity contribution in [2.45, 2.75) is 26.1 Å². The van der Waals surface area contributed by atoms with E-state index in [2.05, 4.69) is 11.9 Å². The molecule has 6 heteroatoms. The third-order valence-electron chi connectivity index (χ3n) is 3.74. The summed E-state index contributed by atoms with van der Waals surface area (Å²) in [5.41, 5.74) is 1.83. The van der Waals surface area contributed by atoms with Gasteiger partial charge < -0.3 is 5.32 Å². The molecule has 0 aliphatic carbocycles. The summed E-state index contributed by atoms with van der Waals surface area (Å²) in [6.07, 6.45) is 3.50. The van der Waals surface area contributed by atoms with E-state index in [1.807, 2.05) is 66.7 Å². The number of hydrogen-bond acceptors (Lipinski definition) is 5. The molecule has 0 bridgehead atoms. The highest BCUT2D eigenvalue weighted by molar-refractivity contribution is 7.48. The molecule has 0 fully saturated rings. The van der Waals surface area contributed by atoms with Crippen molar-refractivity contribution < 1.29 is 18.1 Å². The second kappa shape index (κ2) is 12.6. The van der Waals surface area contributed by atoms with Crippen molar-refractivity contribution in [1.82, 2.24) is 5.32 Å². The van der Waals surface area contributed by atoms with Crippen molar-refractivity contribution in [2.75, 3.05) is 19.7 Å². The maximum absolute atomic E-state index is 13.0. The molecule has 0 radical (unpaired) electrons. The van der Waals surface area contributed by atoms with E-state index >= 15 is 0 Å². The van der Waals surface area contributed by atoms with Crippen molar-refractivity contribution in [3.05, 3.63) is 84.4 Å². The fourth-order valence-corrected chi connectivity index (χ4v) is 3.46. The number of benzene rings is 2. The first-order chi connectivity index (χ1) is 13.2. The standard InChI is InChI=1S/C21H28NO4P/c1-2-3-15-22-16-10-17-24-27(23,25-18-20-11-6-4-7-12-20)26-19-21-13-8-5-9-14-21/h2,4-9,11-14,22H,1,3,10,15-19H2. The van der Waals surface area contributed by atoms with Crippen LogP contribution in [-0.4, -0.2) is 19.7 Å². The highest BCUT2D eigenvalue weighted by Gasteiger charge is 2.26. The number of hydrogen-bond donors (Lipinski definition) is 1. The quantitative estimate of drug-likeness (QED) is 0.277. The summed E-state index contributed by atoms with van der Waals surface area (Å²) >= 11 is 0. The molecular weight excluding hydrogens is 361 g/mol. The zero-order valence-electron chi connectivity index (χ0n) is 15.6. The highest BCUT2D eigenvalue weighted by Crippen LogP contribution is 2.51. The fourth-order valence-electron chi connectivity index (χ4n) is 2.27. The first-order valence-electron chi connectivity index (χ1n) is 9.15. The lowest BCUT2D eigenvalue weighted by atomic mass is 10.2. The number of rotatable bonds is 14. The fraction of sp³-hybridized carbons (Fsp3) is 0.333. The summed E-state index contributed by atoms with van der Waals surface area (Å²) in [5.74, 6) is 0. The molecule has 0 aromatic heterocycles. The Labute approximate surface area is 162 Å². The second-order valence-corrected chi connectivity index (χ2v) is 7.65. The lowest BCUT2D eigenvalue weighted by Crippen LogP contribution is -2.17. The molecule has 2 aromatic rings. The van der Waals surface area contributed by atoms with Crippen LogP contribution >= 0.6 is 7.82 Å². The van der Waals surface area contributed by atoms with E-state index < -0.39 is 7.82 Å². The van der Waals surface area contributed by atoms with E-state index in [9.17, 15) is 4.57 Å². The predicted octanol–water partition coefficient (Wildman–Crippen LogP) is 5.10. The number of phosphoric acid groups is 1. The molecule has 0 amide bonds. The first kappa shape index (κ1) is 21.5. The van der Waals surface area contributed by atoms with Gasteiger partial charge in [-0.2, -0.15) is 0 Å². The molecule has 0 spiro atoms. The van der Waals surface area contributed by atoms with Gasteiger partial charge in [0.15, 0.2) is 0 Å². The van der Waals surface area contributed by atoms with Crippen molar-refractivity contribution in [3.63, 3.8) is 0 Å². The van der Waals surface area contributed by atoms with Gasteiger partial charge in [-0.3, -0.25) is 13.6 Å². The van der Waals surface area contributed by atoms with Gasteiger partial charge in [-0.05, 0) is 37.1 Å². The van der Waals surface area contributed by atoms with Gasteiger partial charge in [-0.1, -0.05) is 66.7 Å². The molecule has 0 atom stereocenters. The monoisotopic (exact) mass is 389 g/mol. The van der Waals surface area contributed by atoms with Crippen molar-refractivity contribution in [1.29, 1.82) is 0 Å². The van der Waals surface area contributed by atoms with E-state index in [0.717, 1.165) is 30.6 Å². The van der Waals surface area contributed by atoms with Crippen LogP contribution in [-0.2, 0) is 31.4 Å². The average Bonchev–Trinajstić information content (AvgIpc) is 2.72. The van der Waals surface area contributed by atoms with Crippen LogP contribution in [0.25, 0.3) is 0 Å². The topological polar surface area (TPSA) is 56.8 Å². The lowest BCUT2D eigenvalue weighted by Gasteiger charge is -2.18. The minimum absolute atomic E-state index is 0.171. The van der Waals surface area contributed by atoms with Gasteiger partial charge >= 0.3 is 7.82 Å². The van der Waals surface area contributed by atoms with Crippen molar-refractivity contribution in [3.8, 4) is 0 Å². The molecule has 0 aliphatic rings. The average molecular weight is 389 g/mol. The molecule has 146 valence electrons. The van der Waals surface area contributed by atoms with Crippen LogP contribution in [0.5, 0.6) is 0 Å². The third-order valence-corrected chi connectivity index (χ3v) is 5.13. The van der Waals surface area contributed by atoms with Crippen molar-refractivity contribution in [2.24, 2.45) is 0 Å². The molecule has 0 heterocycles. The zero-order valence-corrected chi connectivity index (χ0v) is 16.5. The molecule has 0 aliphatic heterocycles. The Morgan fingerprint density at radius 1 is 0.852 bits per heavy atom. The Hall–Kier alpha value is -1.75. The van der Waals surface area contributed by atoms with Crippen LogP contribution < -0.4 is 5.32 Å². The molecule has 0 saturated heterocycles. The van der Waals surface area contributed by atoms with E-state index in [1.165, 1.54) is 0 Å². The molecule has 0 unspecified atom stereocenters. The Bertz CT molecular complexity index is 646. The lowest BCUT2D eigenvalue weighted by molar-refractivity contribution is 0.102. The van der Waals surface area contributed by atoms with E-state index in [-0.39, 0.29) is 13.2 Å². The van der Waals surface area contributed by atoms with Crippen LogP contribution in [0.2, 0.25) is 0 Å².